The molecule has 0 amide bonds. The van der Waals surface area contributed by atoms with E-state index in [4.69, 9.17) is 5.11 Å². The molecule has 1 heterocycles. The molecule has 0 radical (unpaired) electrons. The summed E-state index contributed by atoms with van der Waals surface area (Å²) in [6.07, 6.45) is 37.0. The maximum Gasteiger partial charge on any atom is 0.0977 e. The first-order chi connectivity index (χ1) is 16.8. The second kappa shape index (κ2) is 24.0. The van der Waals surface area contributed by atoms with Crippen molar-refractivity contribution in [2.45, 2.75) is 168 Å². The van der Waals surface area contributed by atoms with Gasteiger partial charge in [0.2, 0.25) is 0 Å². The molecule has 0 bridgehead atoms. The summed E-state index contributed by atoms with van der Waals surface area (Å²) < 4.78 is 0. The first-order valence-corrected chi connectivity index (χ1v) is 15.6. The monoisotopic (exact) mass is 478 g/mol. The number of hydrogen-bond donors (Lipinski definition) is 1. The van der Waals surface area contributed by atoms with Crippen molar-refractivity contribution in [3.63, 3.8) is 0 Å². The topological polar surface area (TPSA) is 26.7 Å². The minimum Gasteiger partial charge on any atom is -0.396 e. The molecule has 1 atom stereocenters. The predicted octanol–water partition coefficient (Wildman–Crippen LogP) is 9.41. The van der Waals surface area contributed by atoms with Crippen molar-refractivity contribution < 1.29 is 5.11 Å². The van der Waals surface area contributed by atoms with Gasteiger partial charge in [-0.05, 0) is 26.2 Å². The van der Waals surface area contributed by atoms with E-state index < -0.39 is 0 Å². The summed E-state index contributed by atoms with van der Waals surface area (Å²) in [6, 6.07) is 0. The standard InChI is InChI=1S/C31H62N2O/c1-3-4-5-6-7-8-9-10-11-12-14-17-20-23-26-32-28-29-33(31(32)2)27-24-21-18-15-13-16-19-22-25-30-34/h28-29,31,34H,3-27,30H2,1-2H3. The third-order valence-corrected chi connectivity index (χ3v) is 7.75. The molecule has 0 aromatic rings. The van der Waals surface area contributed by atoms with Gasteiger partial charge < -0.3 is 14.9 Å². The first-order valence-electron chi connectivity index (χ1n) is 15.6. The minimum absolute atomic E-state index is 0.361. The predicted molar refractivity (Wildman–Crippen MR) is 151 cm³/mol. The van der Waals surface area contributed by atoms with E-state index in [-0.39, 0.29) is 0 Å². The summed E-state index contributed by atoms with van der Waals surface area (Å²) in [5.41, 5.74) is 0. The summed E-state index contributed by atoms with van der Waals surface area (Å²) in [4.78, 5) is 5.09. The van der Waals surface area contributed by atoms with Crippen LogP contribution in [0.4, 0.5) is 0 Å². The SMILES string of the molecule is CCCCCCCCCCCCCCCCN1C=CN(CCCCCCCCCCCO)C1C. The third-order valence-electron chi connectivity index (χ3n) is 7.75. The zero-order chi connectivity index (χ0) is 24.5. The highest BCUT2D eigenvalue weighted by Crippen LogP contribution is 2.19. The van der Waals surface area contributed by atoms with Crippen LogP contribution in [-0.2, 0) is 0 Å². The lowest BCUT2D eigenvalue weighted by Crippen LogP contribution is -2.36. The fourth-order valence-corrected chi connectivity index (χ4v) is 5.27. The maximum absolute atomic E-state index is 8.81. The van der Waals surface area contributed by atoms with Gasteiger partial charge in [-0.3, -0.25) is 0 Å². The molecule has 0 aromatic heterocycles. The Kier molecular flexibility index (Phi) is 22.1. The number of aliphatic hydroxyl groups excluding tert-OH is 1. The lowest BCUT2D eigenvalue weighted by molar-refractivity contribution is 0.165. The van der Waals surface area contributed by atoms with E-state index in [0.29, 0.717) is 12.8 Å². The molecule has 3 nitrogen and oxygen atoms in total. The zero-order valence-corrected chi connectivity index (χ0v) is 23.5. The van der Waals surface area contributed by atoms with Gasteiger partial charge in [-0.1, -0.05) is 135 Å². The van der Waals surface area contributed by atoms with E-state index in [0.717, 1.165) is 6.42 Å². The Balaban J connectivity index is 1.85. The lowest BCUT2D eigenvalue weighted by atomic mass is 10.0. The average molecular weight is 479 g/mol. The molecule has 1 aliphatic rings. The summed E-state index contributed by atoms with van der Waals surface area (Å²) in [5.74, 6) is 0. The van der Waals surface area contributed by atoms with Gasteiger partial charge in [0, 0.05) is 32.1 Å². The Hall–Kier alpha value is -0.700. The highest BCUT2D eigenvalue weighted by atomic mass is 16.2. The van der Waals surface area contributed by atoms with Gasteiger partial charge in [-0.2, -0.15) is 0 Å². The number of aliphatic hydroxyl groups is 1. The minimum atomic E-state index is 0.361. The number of rotatable bonds is 26. The summed E-state index contributed by atoms with van der Waals surface area (Å²) in [7, 11) is 0. The zero-order valence-electron chi connectivity index (χ0n) is 23.5. The molecule has 0 aliphatic carbocycles. The molecule has 1 N–H and O–H groups in total. The molecular formula is C31H62N2O. The molecular weight excluding hydrogens is 416 g/mol. The Labute approximate surface area is 214 Å². The molecule has 1 unspecified atom stereocenters. The van der Waals surface area contributed by atoms with E-state index >= 15 is 0 Å². The third kappa shape index (κ3) is 17.7. The van der Waals surface area contributed by atoms with Crippen LogP contribution in [0.1, 0.15) is 162 Å². The number of hydrogen-bond acceptors (Lipinski definition) is 3. The smallest absolute Gasteiger partial charge is 0.0977 e. The van der Waals surface area contributed by atoms with Crippen LogP contribution in [0.15, 0.2) is 12.4 Å². The molecule has 1 aliphatic heterocycles. The summed E-state index contributed by atoms with van der Waals surface area (Å²) >= 11 is 0. The van der Waals surface area contributed by atoms with Gasteiger partial charge >= 0.3 is 0 Å². The molecule has 1 rings (SSSR count). The van der Waals surface area contributed by atoms with E-state index in [1.807, 2.05) is 0 Å². The van der Waals surface area contributed by atoms with Gasteiger partial charge in [-0.25, -0.2) is 0 Å². The highest BCUT2D eigenvalue weighted by molar-refractivity contribution is 4.95. The molecule has 0 aromatic carbocycles. The van der Waals surface area contributed by atoms with E-state index in [9.17, 15) is 0 Å². The molecule has 202 valence electrons. The lowest BCUT2D eigenvalue weighted by Gasteiger charge is -2.30. The van der Waals surface area contributed by atoms with Crippen molar-refractivity contribution in [1.29, 1.82) is 0 Å². The average Bonchev–Trinajstić information content (AvgIpc) is 3.19. The fraction of sp³-hybridized carbons (Fsp3) is 0.935. The van der Waals surface area contributed by atoms with Gasteiger partial charge in [-0.15, -0.1) is 0 Å². The van der Waals surface area contributed by atoms with Crippen molar-refractivity contribution >= 4 is 0 Å². The van der Waals surface area contributed by atoms with Gasteiger partial charge in [0.1, 0.15) is 0 Å². The van der Waals surface area contributed by atoms with E-state index in [1.54, 1.807) is 0 Å². The van der Waals surface area contributed by atoms with Gasteiger partial charge in [0.15, 0.2) is 0 Å². The molecule has 0 saturated heterocycles. The van der Waals surface area contributed by atoms with Gasteiger partial charge in [0.05, 0.1) is 6.17 Å². The van der Waals surface area contributed by atoms with Crippen LogP contribution in [0, 0.1) is 0 Å². The Morgan fingerprint density at radius 1 is 0.471 bits per heavy atom. The first kappa shape index (κ1) is 31.3. The van der Waals surface area contributed by atoms with Crippen LogP contribution >= 0.6 is 0 Å². The normalized spacial score (nSPS) is 15.7. The Morgan fingerprint density at radius 3 is 1.09 bits per heavy atom. The molecule has 3 heteroatoms. The maximum atomic E-state index is 8.81. The van der Waals surface area contributed by atoms with E-state index in [2.05, 4.69) is 36.0 Å². The second-order valence-corrected chi connectivity index (χ2v) is 10.9. The van der Waals surface area contributed by atoms with Crippen molar-refractivity contribution in [3.8, 4) is 0 Å². The molecule has 0 spiro atoms. The van der Waals surface area contributed by atoms with Gasteiger partial charge in [0.25, 0.3) is 0 Å². The highest BCUT2D eigenvalue weighted by Gasteiger charge is 2.20. The fourth-order valence-electron chi connectivity index (χ4n) is 5.27. The quantitative estimate of drug-likeness (QED) is 0.125. The molecule has 34 heavy (non-hydrogen) atoms. The number of unbranched alkanes of at least 4 members (excludes halogenated alkanes) is 21. The Bertz CT molecular complexity index is 439. The van der Waals surface area contributed by atoms with Crippen molar-refractivity contribution in [2.24, 2.45) is 0 Å². The second-order valence-electron chi connectivity index (χ2n) is 10.9. The summed E-state index contributed by atoms with van der Waals surface area (Å²) in [6.45, 7) is 7.47. The van der Waals surface area contributed by atoms with Crippen LogP contribution in [0.5, 0.6) is 0 Å². The van der Waals surface area contributed by atoms with Crippen LogP contribution in [0.2, 0.25) is 0 Å². The van der Waals surface area contributed by atoms with Crippen molar-refractivity contribution in [3.05, 3.63) is 12.4 Å². The van der Waals surface area contributed by atoms with Crippen molar-refractivity contribution in [2.75, 3.05) is 19.7 Å². The van der Waals surface area contributed by atoms with Crippen LogP contribution in [-0.4, -0.2) is 40.8 Å². The molecule has 0 saturated carbocycles. The Morgan fingerprint density at radius 2 is 0.765 bits per heavy atom. The van der Waals surface area contributed by atoms with Crippen LogP contribution in [0.3, 0.4) is 0 Å². The van der Waals surface area contributed by atoms with E-state index in [1.165, 1.54) is 154 Å². The van der Waals surface area contributed by atoms with Crippen LogP contribution < -0.4 is 0 Å². The summed E-state index contributed by atoms with van der Waals surface area (Å²) in [5, 5.41) is 8.81. The largest absolute Gasteiger partial charge is 0.396 e. The van der Waals surface area contributed by atoms with Crippen LogP contribution in [0.25, 0.3) is 0 Å². The number of nitrogens with zero attached hydrogens (tertiary/aromatic N) is 2. The molecule has 0 fully saturated rings. The van der Waals surface area contributed by atoms with Crippen molar-refractivity contribution in [1.82, 2.24) is 9.80 Å².